The lowest BCUT2D eigenvalue weighted by Crippen LogP contribution is -2.48. The minimum absolute atomic E-state index is 0.709. The highest BCUT2D eigenvalue weighted by Crippen LogP contribution is 2.14. The van der Waals surface area contributed by atoms with Crippen LogP contribution in [-0.2, 0) is 6.54 Å². The zero-order valence-corrected chi connectivity index (χ0v) is 13.1. The van der Waals surface area contributed by atoms with Crippen LogP contribution in [0.5, 0.6) is 0 Å². The number of benzene rings is 1. The van der Waals surface area contributed by atoms with Gasteiger partial charge in [0.15, 0.2) is 0 Å². The van der Waals surface area contributed by atoms with Gasteiger partial charge in [0.25, 0.3) is 0 Å². The summed E-state index contributed by atoms with van der Waals surface area (Å²) in [4.78, 5) is 2.59. The number of piperidine rings is 2. The normalized spacial score (nSPS) is 25.0. The Morgan fingerprint density at radius 1 is 1.05 bits per heavy atom. The number of hydrogen-bond donors (Lipinski definition) is 2. The lowest BCUT2D eigenvalue weighted by Gasteiger charge is -2.34. The molecular formula is C18H29N3. The fraction of sp³-hybridized carbons (Fsp3) is 0.667. The molecule has 3 nitrogen and oxygen atoms in total. The van der Waals surface area contributed by atoms with Crippen molar-refractivity contribution < 1.29 is 0 Å². The highest BCUT2D eigenvalue weighted by molar-refractivity contribution is 5.14. The topological polar surface area (TPSA) is 27.3 Å². The summed E-state index contributed by atoms with van der Waals surface area (Å²) in [5.41, 5.74) is 1.44. The minimum Gasteiger partial charge on any atom is -0.313 e. The molecule has 0 amide bonds. The molecule has 1 unspecified atom stereocenters. The first-order valence-corrected chi connectivity index (χ1v) is 8.63. The van der Waals surface area contributed by atoms with E-state index in [4.69, 9.17) is 0 Å². The molecule has 0 bridgehead atoms. The van der Waals surface area contributed by atoms with Crippen molar-refractivity contribution in [2.75, 3.05) is 26.2 Å². The summed E-state index contributed by atoms with van der Waals surface area (Å²) in [6, 6.07) is 12.3. The van der Waals surface area contributed by atoms with E-state index in [1.807, 2.05) is 0 Å². The van der Waals surface area contributed by atoms with Crippen molar-refractivity contribution in [2.24, 2.45) is 0 Å². The first kappa shape index (κ1) is 15.0. The van der Waals surface area contributed by atoms with Crippen molar-refractivity contribution in [3.8, 4) is 0 Å². The van der Waals surface area contributed by atoms with E-state index in [1.165, 1.54) is 57.3 Å². The van der Waals surface area contributed by atoms with Crippen LogP contribution in [-0.4, -0.2) is 43.2 Å². The number of rotatable bonds is 5. The largest absolute Gasteiger partial charge is 0.313 e. The molecule has 1 aromatic rings. The molecule has 2 saturated heterocycles. The molecule has 2 aliphatic rings. The third-order valence-corrected chi connectivity index (χ3v) is 4.90. The van der Waals surface area contributed by atoms with Crippen LogP contribution in [0.25, 0.3) is 0 Å². The van der Waals surface area contributed by atoms with Crippen LogP contribution in [0, 0.1) is 0 Å². The van der Waals surface area contributed by atoms with E-state index >= 15 is 0 Å². The summed E-state index contributed by atoms with van der Waals surface area (Å²) < 4.78 is 0. The van der Waals surface area contributed by atoms with Crippen molar-refractivity contribution in [2.45, 2.75) is 50.7 Å². The monoisotopic (exact) mass is 287 g/mol. The van der Waals surface area contributed by atoms with Crippen LogP contribution in [0.3, 0.4) is 0 Å². The van der Waals surface area contributed by atoms with Crippen LogP contribution >= 0.6 is 0 Å². The first-order chi connectivity index (χ1) is 10.4. The lowest BCUT2D eigenvalue weighted by molar-refractivity contribution is 0.187. The molecule has 1 atom stereocenters. The first-order valence-electron chi connectivity index (χ1n) is 8.63. The molecule has 116 valence electrons. The van der Waals surface area contributed by atoms with Gasteiger partial charge in [-0.1, -0.05) is 36.8 Å². The molecule has 2 fully saturated rings. The van der Waals surface area contributed by atoms with Crippen LogP contribution in [0.2, 0.25) is 0 Å². The predicted molar refractivity (Wildman–Crippen MR) is 88.4 cm³/mol. The average molecular weight is 287 g/mol. The van der Waals surface area contributed by atoms with E-state index in [1.54, 1.807) is 0 Å². The molecule has 2 heterocycles. The highest BCUT2D eigenvalue weighted by atomic mass is 15.1. The van der Waals surface area contributed by atoms with Crippen molar-refractivity contribution in [1.82, 2.24) is 15.5 Å². The van der Waals surface area contributed by atoms with E-state index in [0.29, 0.717) is 6.04 Å². The van der Waals surface area contributed by atoms with E-state index in [9.17, 15) is 0 Å². The fourth-order valence-electron chi connectivity index (χ4n) is 3.54. The maximum Gasteiger partial charge on any atom is 0.0233 e. The second-order valence-corrected chi connectivity index (χ2v) is 6.59. The van der Waals surface area contributed by atoms with Gasteiger partial charge in [-0.3, -0.25) is 4.90 Å². The minimum atomic E-state index is 0.709. The maximum absolute atomic E-state index is 3.79. The van der Waals surface area contributed by atoms with Gasteiger partial charge in [-0.2, -0.15) is 0 Å². The SMILES string of the molecule is c1ccc(CN2CCC(NCC3CCCCN3)CC2)cc1. The molecule has 3 heteroatoms. The molecular weight excluding hydrogens is 258 g/mol. The summed E-state index contributed by atoms with van der Waals surface area (Å²) in [7, 11) is 0. The molecule has 21 heavy (non-hydrogen) atoms. The number of nitrogens with zero attached hydrogens (tertiary/aromatic N) is 1. The molecule has 0 radical (unpaired) electrons. The Bertz CT molecular complexity index is 392. The average Bonchev–Trinajstić information content (AvgIpc) is 2.56. The lowest BCUT2D eigenvalue weighted by atomic mass is 10.0. The molecule has 0 saturated carbocycles. The van der Waals surface area contributed by atoms with E-state index in [0.717, 1.165) is 19.1 Å². The van der Waals surface area contributed by atoms with Gasteiger partial charge in [0.1, 0.15) is 0 Å². The summed E-state index contributed by atoms with van der Waals surface area (Å²) in [6.07, 6.45) is 6.68. The Morgan fingerprint density at radius 3 is 2.57 bits per heavy atom. The van der Waals surface area contributed by atoms with Crippen LogP contribution in [0.4, 0.5) is 0 Å². The Kier molecular flexibility index (Phi) is 5.67. The van der Waals surface area contributed by atoms with Gasteiger partial charge in [-0.05, 0) is 50.9 Å². The molecule has 3 rings (SSSR count). The van der Waals surface area contributed by atoms with E-state index in [-0.39, 0.29) is 0 Å². The Labute approximate surface area is 129 Å². The fourth-order valence-corrected chi connectivity index (χ4v) is 3.54. The molecule has 1 aromatic carbocycles. The highest BCUT2D eigenvalue weighted by Gasteiger charge is 2.20. The summed E-state index contributed by atoms with van der Waals surface area (Å²) in [5, 5.41) is 7.41. The Morgan fingerprint density at radius 2 is 1.86 bits per heavy atom. The molecule has 0 spiro atoms. The van der Waals surface area contributed by atoms with Crippen LogP contribution in [0.1, 0.15) is 37.7 Å². The van der Waals surface area contributed by atoms with E-state index in [2.05, 4.69) is 45.9 Å². The van der Waals surface area contributed by atoms with Gasteiger partial charge in [0, 0.05) is 25.2 Å². The third-order valence-electron chi connectivity index (χ3n) is 4.90. The van der Waals surface area contributed by atoms with Gasteiger partial charge in [0.2, 0.25) is 0 Å². The summed E-state index contributed by atoms with van der Waals surface area (Å²) >= 11 is 0. The van der Waals surface area contributed by atoms with Crippen molar-refractivity contribution >= 4 is 0 Å². The number of nitrogens with one attached hydrogen (secondary N) is 2. The Hall–Kier alpha value is -0.900. The van der Waals surface area contributed by atoms with Crippen molar-refractivity contribution in [1.29, 1.82) is 0 Å². The van der Waals surface area contributed by atoms with Gasteiger partial charge in [0.05, 0.1) is 0 Å². The van der Waals surface area contributed by atoms with Crippen LogP contribution < -0.4 is 10.6 Å². The predicted octanol–water partition coefficient (Wildman–Crippen LogP) is 2.38. The number of hydrogen-bond acceptors (Lipinski definition) is 3. The summed E-state index contributed by atoms with van der Waals surface area (Å²) in [5.74, 6) is 0. The van der Waals surface area contributed by atoms with Gasteiger partial charge in [-0.15, -0.1) is 0 Å². The second-order valence-electron chi connectivity index (χ2n) is 6.59. The molecule has 0 aliphatic carbocycles. The molecule has 2 aliphatic heterocycles. The standard InChI is InChI=1S/C18H29N3/c1-2-6-16(7-3-1)15-21-12-9-17(10-13-21)20-14-18-8-4-5-11-19-18/h1-3,6-7,17-20H,4-5,8-15H2. The van der Waals surface area contributed by atoms with E-state index < -0.39 is 0 Å². The summed E-state index contributed by atoms with van der Waals surface area (Å²) in [6.45, 7) is 5.93. The van der Waals surface area contributed by atoms with Crippen molar-refractivity contribution in [3.63, 3.8) is 0 Å². The quantitative estimate of drug-likeness (QED) is 0.871. The van der Waals surface area contributed by atoms with Gasteiger partial charge >= 0.3 is 0 Å². The van der Waals surface area contributed by atoms with Crippen molar-refractivity contribution in [3.05, 3.63) is 35.9 Å². The zero-order chi connectivity index (χ0) is 14.3. The Balaban J connectivity index is 1.35. The number of likely N-dealkylation sites (tertiary alicyclic amines) is 1. The molecule has 0 aromatic heterocycles. The maximum atomic E-state index is 3.79. The van der Waals surface area contributed by atoms with Gasteiger partial charge < -0.3 is 10.6 Å². The van der Waals surface area contributed by atoms with Gasteiger partial charge in [-0.25, -0.2) is 0 Å². The zero-order valence-electron chi connectivity index (χ0n) is 13.1. The van der Waals surface area contributed by atoms with Crippen LogP contribution in [0.15, 0.2) is 30.3 Å². The third kappa shape index (κ3) is 4.80. The smallest absolute Gasteiger partial charge is 0.0233 e. The molecule has 2 N–H and O–H groups in total. The second kappa shape index (κ2) is 7.92.